The lowest BCUT2D eigenvalue weighted by molar-refractivity contribution is -0.125. The van der Waals surface area contributed by atoms with Gasteiger partial charge in [-0.25, -0.2) is 0 Å². The fourth-order valence-electron chi connectivity index (χ4n) is 1.19. The molecule has 0 bridgehead atoms. The molecule has 1 unspecified atom stereocenters. The summed E-state index contributed by atoms with van der Waals surface area (Å²) in [5.74, 6) is -0.123. The summed E-state index contributed by atoms with van der Waals surface area (Å²) < 4.78 is 10.6. The van der Waals surface area contributed by atoms with E-state index in [1.165, 1.54) is 0 Å². The number of nitrogens with one attached hydrogen (secondary N) is 1. The summed E-state index contributed by atoms with van der Waals surface area (Å²) in [7, 11) is 0. The van der Waals surface area contributed by atoms with Crippen molar-refractivity contribution in [3.8, 4) is 0 Å². The van der Waals surface area contributed by atoms with Crippen LogP contribution in [0.5, 0.6) is 0 Å². The van der Waals surface area contributed by atoms with E-state index in [0.29, 0.717) is 32.8 Å². The maximum absolute atomic E-state index is 11.3. The molecule has 1 saturated heterocycles. The van der Waals surface area contributed by atoms with Gasteiger partial charge in [0.2, 0.25) is 5.91 Å². The van der Waals surface area contributed by atoms with Crippen molar-refractivity contribution in [2.75, 3.05) is 26.4 Å². The maximum atomic E-state index is 11.3. The first-order valence-electron chi connectivity index (χ1n) is 4.96. The zero-order valence-electron chi connectivity index (χ0n) is 8.90. The third-order valence-electron chi connectivity index (χ3n) is 2.17. The second-order valence-electron chi connectivity index (χ2n) is 3.33. The molecule has 1 rings (SSSR count). The molecule has 1 amide bonds. The van der Waals surface area contributed by atoms with Crippen LogP contribution in [0.1, 0.15) is 13.3 Å². The third-order valence-corrected chi connectivity index (χ3v) is 2.17. The van der Waals surface area contributed by atoms with Gasteiger partial charge in [-0.3, -0.25) is 4.79 Å². The molecule has 3 N–H and O–H groups in total. The van der Waals surface area contributed by atoms with E-state index in [0.717, 1.165) is 0 Å². The number of carbonyl (C=O) groups is 1. The van der Waals surface area contributed by atoms with E-state index in [-0.39, 0.29) is 24.4 Å². The zero-order chi connectivity index (χ0) is 10.4. The highest BCUT2D eigenvalue weighted by atomic mass is 35.5. The van der Waals surface area contributed by atoms with Crippen molar-refractivity contribution < 1.29 is 14.3 Å². The van der Waals surface area contributed by atoms with Crippen LogP contribution in [0.2, 0.25) is 0 Å². The Morgan fingerprint density at radius 1 is 1.60 bits per heavy atom. The number of amides is 1. The van der Waals surface area contributed by atoms with Gasteiger partial charge in [-0.15, -0.1) is 12.4 Å². The predicted molar refractivity (Wildman–Crippen MR) is 59.1 cm³/mol. The van der Waals surface area contributed by atoms with Crippen LogP contribution in [0.25, 0.3) is 0 Å². The average Bonchev–Trinajstić information content (AvgIpc) is 2.26. The summed E-state index contributed by atoms with van der Waals surface area (Å²) in [5, 5.41) is 2.73. The number of rotatable bonds is 4. The lowest BCUT2D eigenvalue weighted by atomic mass is 10.2. The topological polar surface area (TPSA) is 73.6 Å². The largest absolute Gasteiger partial charge is 0.376 e. The first kappa shape index (κ1) is 14.6. The fraction of sp³-hybridized carbons (Fsp3) is 0.889. The van der Waals surface area contributed by atoms with Gasteiger partial charge in [0.05, 0.1) is 32.0 Å². The Morgan fingerprint density at radius 2 is 2.33 bits per heavy atom. The van der Waals surface area contributed by atoms with E-state index in [4.69, 9.17) is 15.2 Å². The molecule has 0 aromatic carbocycles. The molecule has 5 nitrogen and oxygen atoms in total. The van der Waals surface area contributed by atoms with Gasteiger partial charge in [0.1, 0.15) is 0 Å². The number of ether oxygens (including phenoxy) is 2. The Morgan fingerprint density at radius 3 is 2.87 bits per heavy atom. The SMILES string of the molecule is CC[C@H](N)C(=O)NCC1COCCO1.Cl. The second-order valence-corrected chi connectivity index (χ2v) is 3.33. The van der Waals surface area contributed by atoms with Gasteiger partial charge in [0.15, 0.2) is 0 Å². The summed E-state index contributed by atoms with van der Waals surface area (Å²) in [5.41, 5.74) is 5.55. The Bertz CT molecular complexity index is 186. The van der Waals surface area contributed by atoms with Crippen molar-refractivity contribution in [3.63, 3.8) is 0 Å². The number of nitrogens with two attached hydrogens (primary N) is 1. The number of carbonyl (C=O) groups excluding carboxylic acids is 1. The molecule has 6 heteroatoms. The maximum Gasteiger partial charge on any atom is 0.236 e. The lowest BCUT2D eigenvalue weighted by Gasteiger charge is -2.23. The van der Waals surface area contributed by atoms with Crippen LogP contribution in [-0.2, 0) is 14.3 Å². The number of hydrogen-bond acceptors (Lipinski definition) is 4. The molecule has 0 radical (unpaired) electrons. The molecular weight excluding hydrogens is 220 g/mol. The monoisotopic (exact) mass is 238 g/mol. The summed E-state index contributed by atoms with van der Waals surface area (Å²) in [6.07, 6.45) is 0.616. The molecule has 1 aliphatic rings. The van der Waals surface area contributed by atoms with Gasteiger partial charge in [-0.05, 0) is 6.42 Å². The van der Waals surface area contributed by atoms with E-state index in [2.05, 4.69) is 5.32 Å². The summed E-state index contributed by atoms with van der Waals surface area (Å²) >= 11 is 0. The highest BCUT2D eigenvalue weighted by molar-refractivity contribution is 5.85. The van der Waals surface area contributed by atoms with Crippen molar-refractivity contribution in [1.82, 2.24) is 5.32 Å². The average molecular weight is 239 g/mol. The molecule has 0 aliphatic carbocycles. The normalized spacial score (nSPS) is 22.7. The van der Waals surface area contributed by atoms with E-state index < -0.39 is 6.04 Å². The molecule has 1 heterocycles. The fourth-order valence-corrected chi connectivity index (χ4v) is 1.19. The summed E-state index contributed by atoms with van der Waals surface area (Å²) in [4.78, 5) is 11.3. The van der Waals surface area contributed by atoms with Gasteiger partial charge in [0, 0.05) is 6.54 Å². The number of halogens is 1. The van der Waals surface area contributed by atoms with E-state index >= 15 is 0 Å². The predicted octanol–water partition coefficient (Wildman–Crippen LogP) is -0.323. The van der Waals surface area contributed by atoms with Crippen LogP contribution >= 0.6 is 12.4 Å². The van der Waals surface area contributed by atoms with Crippen LogP contribution in [0.4, 0.5) is 0 Å². The van der Waals surface area contributed by atoms with Gasteiger partial charge in [-0.2, -0.15) is 0 Å². The first-order chi connectivity index (χ1) is 6.74. The Balaban J connectivity index is 0.00000196. The molecule has 90 valence electrons. The van der Waals surface area contributed by atoms with E-state index in [1.54, 1.807) is 0 Å². The molecule has 0 saturated carbocycles. The van der Waals surface area contributed by atoms with Gasteiger partial charge in [-0.1, -0.05) is 6.92 Å². The molecular formula is C9H19ClN2O3. The molecule has 15 heavy (non-hydrogen) atoms. The van der Waals surface area contributed by atoms with E-state index in [9.17, 15) is 4.79 Å². The Hall–Kier alpha value is -0.360. The van der Waals surface area contributed by atoms with Crippen LogP contribution in [0, 0.1) is 0 Å². The molecule has 0 spiro atoms. The highest BCUT2D eigenvalue weighted by Gasteiger charge is 2.17. The van der Waals surface area contributed by atoms with Crippen molar-refractivity contribution in [2.24, 2.45) is 5.73 Å². The van der Waals surface area contributed by atoms with Crippen LogP contribution in [0.3, 0.4) is 0 Å². The quantitative estimate of drug-likeness (QED) is 0.704. The number of hydrogen-bond donors (Lipinski definition) is 2. The van der Waals surface area contributed by atoms with Gasteiger partial charge >= 0.3 is 0 Å². The molecule has 0 aromatic heterocycles. The lowest BCUT2D eigenvalue weighted by Crippen LogP contribution is -2.45. The zero-order valence-corrected chi connectivity index (χ0v) is 9.72. The second kappa shape index (κ2) is 7.87. The van der Waals surface area contributed by atoms with Crippen LogP contribution in [-0.4, -0.2) is 44.4 Å². The molecule has 1 aliphatic heterocycles. The molecule has 0 aromatic rings. The Kier molecular flexibility index (Phi) is 7.68. The van der Waals surface area contributed by atoms with E-state index in [1.807, 2.05) is 6.92 Å². The highest BCUT2D eigenvalue weighted by Crippen LogP contribution is 1.99. The van der Waals surface area contributed by atoms with Crippen molar-refractivity contribution in [3.05, 3.63) is 0 Å². The van der Waals surface area contributed by atoms with Crippen LogP contribution in [0.15, 0.2) is 0 Å². The Labute approximate surface area is 96.1 Å². The minimum atomic E-state index is -0.417. The van der Waals surface area contributed by atoms with Crippen molar-refractivity contribution in [1.29, 1.82) is 0 Å². The minimum Gasteiger partial charge on any atom is -0.376 e. The van der Waals surface area contributed by atoms with Crippen molar-refractivity contribution in [2.45, 2.75) is 25.5 Å². The van der Waals surface area contributed by atoms with Crippen molar-refractivity contribution >= 4 is 18.3 Å². The summed E-state index contributed by atoms with van der Waals surface area (Å²) in [6, 6.07) is -0.417. The third kappa shape index (κ3) is 5.32. The van der Waals surface area contributed by atoms with Gasteiger partial charge < -0.3 is 20.5 Å². The molecule has 2 atom stereocenters. The first-order valence-corrected chi connectivity index (χ1v) is 4.96. The minimum absolute atomic E-state index is 0. The standard InChI is InChI=1S/C9H18N2O3.ClH/c1-2-8(10)9(12)11-5-7-6-13-3-4-14-7;/h7-8H,2-6,10H2,1H3,(H,11,12);1H/t7?,8-;/m0./s1. The smallest absolute Gasteiger partial charge is 0.236 e. The molecule has 1 fully saturated rings. The van der Waals surface area contributed by atoms with Gasteiger partial charge in [0.25, 0.3) is 0 Å². The summed E-state index contributed by atoms with van der Waals surface area (Å²) in [6.45, 7) is 4.14. The van der Waals surface area contributed by atoms with Crippen LogP contribution < -0.4 is 11.1 Å².